The molecule has 4 heteroatoms. The van der Waals surface area contributed by atoms with Gasteiger partial charge < -0.3 is 14.7 Å². The number of quaternary nitrogens is 1. The van der Waals surface area contributed by atoms with Gasteiger partial charge in [-0.3, -0.25) is 0 Å². The van der Waals surface area contributed by atoms with Crippen LogP contribution in [0.25, 0.3) is 0 Å². The van der Waals surface area contributed by atoms with Gasteiger partial charge >= 0.3 is 5.97 Å². The lowest BCUT2D eigenvalue weighted by atomic mass is 9.93. The van der Waals surface area contributed by atoms with Crippen LogP contribution in [0.5, 0.6) is 0 Å². The van der Waals surface area contributed by atoms with E-state index >= 15 is 0 Å². The Bertz CT molecular complexity index is 222. The van der Waals surface area contributed by atoms with Crippen molar-refractivity contribution in [1.29, 1.82) is 0 Å². The van der Waals surface area contributed by atoms with Crippen LogP contribution in [0.2, 0.25) is 0 Å². The van der Waals surface area contributed by atoms with Crippen molar-refractivity contribution in [2.45, 2.75) is 44.2 Å². The summed E-state index contributed by atoms with van der Waals surface area (Å²) in [7, 11) is 4.03. The molecule has 0 aromatic heterocycles. The van der Waals surface area contributed by atoms with E-state index in [4.69, 9.17) is 5.11 Å². The Hall–Kier alpha value is -0.610. The molecular weight excluding hydrogens is 194 g/mol. The molecule has 1 saturated carbocycles. The molecule has 1 atom stereocenters. The SMILES string of the molecule is C[N+](C)(CC(O)C(=O)O)C1CCCCC1. The zero-order valence-corrected chi connectivity index (χ0v) is 9.65. The maximum absolute atomic E-state index is 10.6. The Morgan fingerprint density at radius 2 is 1.87 bits per heavy atom. The third kappa shape index (κ3) is 3.47. The van der Waals surface area contributed by atoms with Gasteiger partial charge in [0.2, 0.25) is 6.10 Å². The Kier molecular flexibility index (Phi) is 4.11. The summed E-state index contributed by atoms with van der Waals surface area (Å²) >= 11 is 0. The van der Waals surface area contributed by atoms with E-state index in [9.17, 15) is 9.90 Å². The lowest BCUT2D eigenvalue weighted by Crippen LogP contribution is -2.54. The molecule has 1 rings (SSSR count). The van der Waals surface area contributed by atoms with Gasteiger partial charge in [0, 0.05) is 0 Å². The summed E-state index contributed by atoms with van der Waals surface area (Å²) in [5.74, 6) is -1.11. The first-order valence-corrected chi connectivity index (χ1v) is 5.67. The highest BCUT2D eigenvalue weighted by Gasteiger charge is 2.33. The monoisotopic (exact) mass is 216 g/mol. The van der Waals surface area contributed by atoms with Crippen LogP contribution in [0.15, 0.2) is 0 Å². The number of carboxylic acids is 1. The van der Waals surface area contributed by atoms with Gasteiger partial charge in [0.05, 0.1) is 20.1 Å². The van der Waals surface area contributed by atoms with Crippen molar-refractivity contribution in [3.63, 3.8) is 0 Å². The van der Waals surface area contributed by atoms with E-state index in [0.717, 1.165) is 12.8 Å². The second-order valence-electron chi connectivity index (χ2n) is 5.11. The molecule has 1 unspecified atom stereocenters. The normalized spacial score (nSPS) is 21.3. The maximum Gasteiger partial charge on any atom is 0.338 e. The summed E-state index contributed by atoms with van der Waals surface area (Å²) in [4.78, 5) is 10.6. The van der Waals surface area contributed by atoms with Gasteiger partial charge in [-0.2, -0.15) is 0 Å². The Morgan fingerprint density at radius 1 is 1.33 bits per heavy atom. The summed E-state index contributed by atoms with van der Waals surface area (Å²) < 4.78 is 0.619. The number of carboxylic acid groups (broad SMARTS) is 1. The molecule has 4 nitrogen and oxygen atoms in total. The van der Waals surface area contributed by atoms with Crippen LogP contribution in [0.3, 0.4) is 0 Å². The maximum atomic E-state index is 10.6. The molecule has 0 heterocycles. The Labute approximate surface area is 91.1 Å². The largest absolute Gasteiger partial charge is 0.479 e. The van der Waals surface area contributed by atoms with E-state index in [-0.39, 0.29) is 0 Å². The van der Waals surface area contributed by atoms with E-state index in [1.54, 1.807) is 0 Å². The first-order chi connectivity index (χ1) is 6.93. The molecule has 15 heavy (non-hydrogen) atoms. The number of likely N-dealkylation sites (N-methyl/N-ethyl adjacent to an activating group) is 1. The van der Waals surface area contributed by atoms with Gasteiger partial charge in [-0.25, -0.2) is 4.79 Å². The zero-order valence-electron chi connectivity index (χ0n) is 9.65. The molecule has 1 aliphatic carbocycles. The molecule has 0 radical (unpaired) electrons. The van der Waals surface area contributed by atoms with Crippen molar-refractivity contribution in [2.75, 3.05) is 20.6 Å². The van der Waals surface area contributed by atoms with Crippen molar-refractivity contribution >= 4 is 5.97 Å². The highest BCUT2D eigenvalue weighted by Crippen LogP contribution is 2.25. The van der Waals surface area contributed by atoms with Gasteiger partial charge in [0.1, 0.15) is 6.54 Å². The summed E-state index contributed by atoms with van der Waals surface area (Å²) in [5, 5.41) is 18.1. The fourth-order valence-electron chi connectivity index (χ4n) is 2.45. The van der Waals surface area contributed by atoms with Crippen LogP contribution < -0.4 is 0 Å². The third-order valence-corrected chi connectivity index (χ3v) is 3.49. The fourth-order valence-corrected chi connectivity index (χ4v) is 2.45. The second kappa shape index (κ2) is 4.94. The molecule has 1 fully saturated rings. The van der Waals surface area contributed by atoms with Crippen LogP contribution in [-0.2, 0) is 4.79 Å². The van der Waals surface area contributed by atoms with E-state index in [0.29, 0.717) is 17.1 Å². The minimum absolute atomic E-state index is 0.306. The lowest BCUT2D eigenvalue weighted by Gasteiger charge is -2.40. The molecule has 0 saturated heterocycles. The average Bonchev–Trinajstić information content (AvgIpc) is 2.18. The molecule has 2 N–H and O–H groups in total. The first-order valence-electron chi connectivity index (χ1n) is 5.67. The van der Waals surface area contributed by atoms with Gasteiger partial charge in [-0.15, -0.1) is 0 Å². The molecule has 1 aliphatic rings. The van der Waals surface area contributed by atoms with Gasteiger partial charge in [0.15, 0.2) is 0 Å². The Balaban J connectivity index is 2.52. The minimum Gasteiger partial charge on any atom is -0.479 e. The standard InChI is InChI=1S/C11H21NO3/c1-12(2,8-10(13)11(14)15)9-6-4-3-5-7-9/h9-10,13H,3-8H2,1-2H3/p+1. The number of hydrogen-bond acceptors (Lipinski definition) is 2. The average molecular weight is 216 g/mol. The van der Waals surface area contributed by atoms with E-state index < -0.39 is 12.1 Å². The van der Waals surface area contributed by atoms with Crippen molar-refractivity contribution in [3.8, 4) is 0 Å². The van der Waals surface area contributed by atoms with E-state index in [1.807, 2.05) is 14.1 Å². The third-order valence-electron chi connectivity index (χ3n) is 3.49. The van der Waals surface area contributed by atoms with Gasteiger partial charge in [-0.1, -0.05) is 6.42 Å². The zero-order chi connectivity index (χ0) is 11.5. The predicted octanol–water partition coefficient (Wildman–Crippen LogP) is 0.841. The summed E-state index contributed by atoms with van der Waals surface area (Å²) in [5.41, 5.74) is 0. The smallest absolute Gasteiger partial charge is 0.338 e. The highest BCUT2D eigenvalue weighted by molar-refractivity contribution is 5.71. The number of aliphatic hydroxyl groups is 1. The van der Waals surface area contributed by atoms with Crippen molar-refractivity contribution in [3.05, 3.63) is 0 Å². The van der Waals surface area contributed by atoms with Crippen LogP contribution in [-0.4, -0.2) is 53.5 Å². The Morgan fingerprint density at radius 3 is 2.33 bits per heavy atom. The van der Waals surface area contributed by atoms with Gasteiger partial charge in [0.25, 0.3) is 0 Å². The number of nitrogens with zero attached hydrogens (tertiary/aromatic N) is 1. The van der Waals surface area contributed by atoms with Crippen molar-refractivity contribution in [1.82, 2.24) is 0 Å². The number of aliphatic hydroxyl groups excluding tert-OH is 1. The molecular formula is C11H22NO3+. The quantitative estimate of drug-likeness (QED) is 0.685. The van der Waals surface area contributed by atoms with Gasteiger partial charge in [-0.05, 0) is 25.7 Å². The first kappa shape index (κ1) is 12.5. The predicted molar refractivity (Wildman–Crippen MR) is 57.5 cm³/mol. The lowest BCUT2D eigenvalue weighted by molar-refractivity contribution is -0.918. The molecule has 0 aromatic carbocycles. The van der Waals surface area contributed by atoms with Crippen LogP contribution >= 0.6 is 0 Å². The number of carbonyl (C=O) groups is 1. The molecule has 0 bridgehead atoms. The highest BCUT2D eigenvalue weighted by atomic mass is 16.4. The molecule has 0 aliphatic heterocycles. The van der Waals surface area contributed by atoms with Crippen LogP contribution in [0, 0.1) is 0 Å². The van der Waals surface area contributed by atoms with Crippen molar-refractivity contribution < 1.29 is 19.5 Å². The molecule has 0 aromatic rings. The minimum atomic E-state index is -1.23. The van der Waals surface area contributed by atoms with Crippen LogP contribution in [0.1, 0.15) is 32.1 Å². The summed E-state index contributed by atoms with van der Waals surface area (Å²) in [6.45, 7) is 0.306. The van der Waals surface area contributed by atoms with Crippen molar-refractivity contribution in [2.24, 2.45) is 0 Å². The molecule has 0 amide bonds. The topological polar surface area (TPSA) is 57.5 Å². The summed E-state index contributed by atoms with van der Waals surface area (Å²) in [6.07, 6.45) is 4.82. The number of aliphatic carboxylic acids is 1. The second-order valence-corrected chi connectivity index (χ2v) is 5.11. The molecule has 88 valence electrons. The summed E-state index contributed by atoms with van der Waals surface area (Å²) in [6, 6.07) is 0.507. The van der Waals surface area contributed by atoms with E-state index in [2.05, 4.69) is 0 Å². The van der Waals surface area contributed by atoms with E-state index in [1.165, 1.54) is 19.3 Å². The molecule has 0 spiro atoms. The fraction of sp³-hybridized carbons (Fsp3) is 0.909. The van der Waals surface area contributed by atoms with Crippen LogP contribution in [0.4, 0.5) is 0 Å². The number of hydrogen-bond donors (Lipinski definition) is 2. The number of rotatable bonds is 4.